The molecule has 0 aromatic carbocycles. The lowest BCUT2D eigenvalue weighted by Gasteiger charge is -2.36. The molecule has 1 aliphatic rings. The third-order valence-corrected chi connectivity index (χ3v) is 7.02. The lowest BCUT2D eigenvalue weighted by atomic mass is 10.1. The van der Waals surface area contributed by atoms with E-state index >= 15 is 0 Å². The van der Waals surface area contributed by atoms with E-state index < -0.39 is 12.6 Å². The summed E-state index contributed by atoms with van der Waals surface area (Å²) in [4.78, 5) is 0. The van der Waals surface area contributed by atoms with Crippen LogP contribution in [0.2, 0.25) is 0 Å². The van der Waals surface area contributed by atoms with E-state index in [0.29, 0.717) is 22.2 Å². The van der Waals surface area contributed by atoms with Crippen LogP contribution in [0, 0.1) is 0 Å². The van der Waals surface area contributed by atoms with Crippen molar-refractivity contribution in [1.29, 1.82) is 0 Å². The molecule has 0 spiro atoms. The van der Waals surface area contributed by atoms with Gasteiger partial charge in [0.05, 0.1) is 0 Å². The van der Waals surface area contributed by atoms with E-state index in [1.165, 1.54) is 0 Å². The van der Waals surface area contributed by atoms with Crippen molar-refractivity contribution in [3.05, 3.63) is 0 Å². The molecule has 0 radical (unpaired) electrons. The zero-order valence-electron chi connectivity index (χ0n) is 11.8. The molecule has 1 saturated heterocycles. The molecule has 1 rings (SSSR count). The molecule has 0 bridgehead atoms. The van der Waals surface area contributed by atoms with E-state index in [1.807, 2.05) is 30.4 Å². The number of hydrogen-bond acceptors (Lipinski definition) is 3. The van der Waals surface area contributed by atoms with E-state index in [2.05, 4.69) is 19.2 Å². The summed E-state index contributed by atoms with van der Waals surface area (Å²) in [6.07, 6.45) is -3.84. The smallest absolute Gasteiger partial charge is 0.313 e. The highest BCUT2D eigenvalue weighted by molar-refractivity contribution is 8.07. The Balaban J connectivity index is 2.43. The van der Waals surface area contributed by atoms with Crippen molar-refractivity contribution >= 4 is 23.5 Å². The van der Waals surface area contributed by atoms with Crippen LogP contribution < -0.4 is 5.32 Å². The topological polar surface area (TPSA) is 12.0 Å². The lowest BCUT2D eigenvalue weighted by molar-refractivity contribution is -0.135. The minimum Gasteiger partial charge on any atom is -0.313 e. The van der Waals surface area contributed by atoms with Crippen molar-refractivity contribution in [2.24, 2.45) is 0 Å². The minimum absolute atomic E-state index is 0.208. The Labute approximate surface area is 122 Å². The number of alkyl halides is 3. The van der Waals surface area contributed by atoms with Gasteiger partial charge in [0.1, 0.15) is 0 Å². The Morgan fingerprint density at radius 1 is 1.26 bits per heavy atom. The maximum atomic E-state index is 12.2. The second-order valence-corrected chi connectivity index (χ2v) is 8.12. The van der Waals surface area contributed by atoms with Gasteiger partial charge in [-0.25, -0.2) is 0 Å². The summed E-state index contributed by atoms with van der Waals surface area (Å²) in [7, 11) is 0. The van der Waals surface area contributed by atoms with E-state index in [9.17, 15) is 13.2 Å². The number of thioether (sulfide) groups is 2. The van der Waals surface area contributed by atoms with Gasteiger partial charge in [-0.3, -0.25) is 0 Å². The maximum absolute atomic E-state index is 12.2. The molecule has 0 aromatic heterocycles. The second kappa shape index (κ2) is 8.03. The first-order valence-corrected chi connectivity index (χ1v) is 8.90. The van der Waals surface area contributed by atoms with Gasteiger partial charge < -0.3 is 5.32 Å². The monoisotopic (exact) mass is 315 g/mol. The predicted molar refractivity (Wildman–Crippen MR) is 80.1 cm³/mol. The fourth-order valence-electron chi connectivity index (χ4n) is 2.22. The molecule has 1 fully saturated rings. The summed E-state index contributed by atoms with van der Waals surface area (Å²) in [5.41, 5.74) is 0. The molecule has 0 saturated carbocycles. The summed E-state index contributed by atoms with van der Waals surface area (Å²) in [6.45, 7) is 7.28. The largest absolute Gasteiger partial charge is 0.389 e. The Kier molecular flexibility index (Phi) is 7.40. The van der Waals surface area contributed by atoms with Gasteiger partial charge in [-0.1, -0.05) is 20.8 Å². The number of hydrogen-bond donors (Lipinski definition) is 1. The zero-order chi connectivity index (χ0) is 14.5. The van der Waals surface area contributed by atoms with Crippen molar-refractivity contribution in [2.75, 3.05) is 12.3 Å². The van der Waals surface area contributed by atoms with Crippen LogP contribution in [0.5, 0.6) is 0 Å². The normalized spacial score (nSPS) is 30.3. The molecular formula is C13H24F3NS2. The predicted octanol–water partition coefficient (Wildman–Crippen LogP) is 4.32. The van der Waals surface area contributed by atoms with Crippen LogP contribution in [0.3, 0.4) is 0 Å². The Hall–Kier alpha value is 0.450. The van der Waals surface area contributed by atoms with Crippen LogP contribution in [0.4, 0.5) is 13.2 Å². The summed E-state index contributed by atoms with van der Waals surface area (Å²) in [5, 5.41) is 5.02. The molecule has 4 atom stereocenters. The Morgan fingerprint density at radius 2 is 1.95 bits per heavy atom. The molecule has 4 unspecified atom stereocenters. The van der Waals surface area contributed by atoms with Crippen LogP contribution in [0.25, 0.3) is 0 Å². The molecule has 1 heterocycles. The molecule has 114 valence electrons. The second-order valence-electron chi connectivity index (χ2n) is 5.09. The average Bonchev–Trinajstić information content (AvgIpc) is 2.30. The zero-order valence-corrected chi connectivity index (χ0v) is 13.4. The molecule has 0 aromatic rings. The van der Waals surface area contributed by atoms with E-state index in [1.54, 1.807) is 0 Å². The minimum atomic E-state index is -4.02. The van der Waals surface area contributed by atoms with Crippen LogP contribution >= 0.6 is 23.5 Å². The molecule has 0 aliphatic carbocycles. The first kappa shape index (κ1) is 17.5. The van der Waals surface area contributed by atoms with Gasteiger partial charge in [0.25, 0.3) is 0 Å². The van der Waals surface area contributed by atoms with Gasteiger partial charge in [-0.15, -0.1) is 0 Å². The van der Waals surface area contributed by atoms with Crippen molar-refractivity contribution in [3.8, 4) is 0 Å². The maximum Gasteiger partial charge on any atom is 0.389 e. The number of halogens is 3. The van der Waals surface area contributed by atoms with Crippen molar-refractivity contribution in [3.63, 3.8) is 0 Å². The Bertz CT molecular complexity index is 261. The fourth-order valence-corrected chi connectivity index (χ4v) is 5.39. The first-order valence-electron chi connectivity index (χ1n) is 6.90. The highest BCUT2D eigenvalue weighted by atomic mass is 32.2. The van der Waals surface area contributed by atoms with E-state index in [-0.39, 0.29) is 12.5 Å². The molecule has 19 heavy (non-hydrogen) atoms. The molecule has 1 nitrogen and oxygen atoms in total. The summed E-state index contributed by atoms with van der Waals surface area (Å²) < 4.78 is 36.7. The Morgan fingerprint density at radius 3 is 2.47 bits per heavy atom. The standard InChI is InChI=1S/C13H24F3NS2/c1-4-17-11(6-5-7-13(14,15)16)12-8-18-9(2)10(3)19-12/h9-12,17H,4-8H2,1-3H3. The SMILES string of the molecule is CCNC(CCCC(F)(F)F)C1CSC(C)C(C)S1. The van der Waals surface area contributed by atoms with Gasteiger partial charge in [0.2, 0.25) is 0 Å². The van der Waals surface area contributed by atoms with Gasteiger partial charge in [-0.2, -0.15) is 36.7 Å². The first-order chi connectivity index (χ1) is 8.83. The lowest BCUT2D eigenvalue weighted by Crippen LogP contribution is -2.43. The average molecular weight is 315 g/mol. The van der Waals surface area contributed by atoms with E-state index in [4.69, 9.17) is 0 Å². The van der Waals surface area contributed by atoms with Crippen molar-refractivity contribution < 1.29 is 13.2 Å². The number of nitrogens with one attached hydrogen (secondary N) is 1. The molecule has 1 aliphatic heterocycles. The number of rotatable bonds is 6. The van der Waals surface area contributed by atoms with Crippen LogP contribution in [-0.2, 0) is 0 Å². The third-order valence-electron chi connectivity index (χ3n) is 3.46. The van der Waals surface area contributed by atoms with Gasteiger partial charge in [0.15, 0.2) is 0 Å². The highest BCUT2D eigenvalue weighted by Crippen LogP contribution is 2.38. The van der Waals surface area contributed by atoms with Gasteiger partial charge >= 0.3 is 6.18 Å². The fraction of sp³-hybridized carbons (Fsp3) is 1.00. The van der Waals surface area contributed by atoms with E-state index in [0.717, 1.165) is 12.3 Å². The van der Waals surface area contributed by atoms with Gasteiger partial charge in [-0.05, 0) is 19.4 Å². The third kappa shape index (κ3) is 6.63. The van der Waals surface area contributed by atoms with Crippen LogP contribution in [-0.4, -0.2) is 40.3 Å². The molecule has 1 N–H and O–H groups in total. The van der Waals surface area contributed by atoms with Crippen molar-refractivity contribution in [2.45, 2.75) is 68.0 Å². The summed E-state index contributed by atoms with van der Waals surface area (Å²) in [6, 6.07) is 0.208. The molecular weight excluding hydrogens is 291 g/mol. The van der Waals surface area contributed by atoms with Crippen LogP contribution in [0.15, 0.2) is 0 Å². The molecule has 0 amide bonds. The highest BCUT2D eigenvalue weighted by Gasteiger charge is 2.32. The quantitative estimate of drug-likeness (QED) is 0.784. The van der Waals surface area contributed by atoms with Gasteiger partial charge in [0, 0.05) is 34.0 Å². The van der Waals surface area contributed by atoms with Crippen molar-refractivity contribution in [1.82, 2.24) is 5.32 Å². The molecule has 6 heteroatoms. The summed E-state index contributed by atoms with van der Waals surface area (Å²) >= 11 is 3.88. The van der Waals surface area contributed by atoms with Crippen LogP contribution in [0.1, 0.15) is 40.0 Å². The summed E-state index contributed by atoms with van der Waals surface area (Å²) in [5.74, 6) is 1.04.